The Hall–Kier alpha value is -2.82. The van der Waals surface area contributed by atoms with Crippen LogP contribution in [-0.2, 0) is 17.6 Å². The summed E-state index contributed by atoms with van der Waals surface area (Å²) in [5.74, 6) is 0.738. The van der Waals surface area contributed by atoms with Gasteiger partial charge in [0.1, 0.15) is 5.78 Å². The maximum absolute atomic E-state index is 12.5. The normalized spacial score (nSPS) is 13.6. The molecule has 1 aliphatic rings. The average Bonchev–Trinajstić information content (AvgIpc) is 2.82. The number of benzene rings is 2. The Bertz CT molecular complexity index is 795. The number of hydrogen-bond acceptors (Lipinski definition) is 5. The van der Waals surface area contributed by atoms with E-state index in [1.807, 2.05) is 12.1 Å². The molecule has 5 nitrogen and oxygen atoms in total. The molecule has 0 fully saturated rings. The van der Waals surface area contributed by atoms with Gasteiger partial charge in [-0.15, -0.1) is 0 Å². The van der Waals surface area contributed by atoms with Crippen LogP contribution in [0.4, 0.5) is 0 Å². The Morgan fingerprint density at radius 2 is 1.76 bits per heavy atom. The van der Waals surface area contributed by atoms with Gasteiger partial charge in [-0.2, -0.15) is 0 Å². The summed E-state index contributed by atoms with van der Waals surface area (Å²) in [4.78, 5) is 24.6. The number of rotatable bonds is 4. The lowest BCUT2D eigenvalue weighted by molar-refractivity contribution is -0.118. The van der Waals surface area contributed by atoms with Crippen molar-refractivity contribution in [2.45, 2.75) is 25.7 Å². The van der Waals surface area contributed by atoms with E-state index >= 15 is 0 Å². The largest absolute Gasteiger partial charge is 0.493 e. The van der Waals surface area contributed by atoms with Gasteiger partial charge in [0.15, 0.2) is 11.5 Å². The van der Waals surface area contributed by atoms with E-state index in [-0.39, 0.29) is 18.0 Å². The van der Waals surface area contributed by atoms with Crippen LogP contribution in [0.2, 0.25) is 0 Å². The molecule has 130 valence electrons. The fourth-order valence-electron chi connectivity index (χ4n) is 3.06. The highest BCUT2D eigenvalue weighted by atomic mass is 16.6. The molecule has 1 aliphatic carbocycles. The van der Waals surface area contributed by atoms with Gasteiger partial charge in [-0.1, -0.05) is 18.2 Å². The highest BCUT2D eigenvalue weighted by Crippen LogP contribution is 2.44. The molecule has 0 aromatic heterocycles. The number of ether oxygens (including phenoxy) is 3. The third-order valence-corrected chi connectivity index (χ3v) is 4.30. The maximum Gasteiger partial charge on any atom is 0.343 e. The van der Waals surface area contributed by atoms with Gasteiger partial charge in [-0.3, -0.25) is 4.79 Å². The standard InChI is InChI=1S/C20H20O5/c1-23-17-11-14-9-6-10-15(21)12-16(14)18(19(17)24-2)25-20(22)13-7-4-3-5-8-13/h3-5,7-8,11H,6,9-10,12H2,1-2H3. The first-order chi connectivity index (χ1) is 12.1. The molecule has 0 spiro atoms. The molecule has 3 rings (SSSR count). The summed E-state index contributed by atoms with van der Waals surface area (Å²) < 4.78 is 16.5. The molecule has 25 heavy (non-hydrogen) atoms. The van der Waals surface area contributed by atoms with Crippen molar-refractivity contribution < 1.29 is 23.8 Å². The molecule has 0 bridgehead atoms. The molecule has 0 aliphatic heterocycles. The lowest BCUT2D eigenvalue weighted by Crippen LogP contribution is -2.13. The molecule has 0 saturated heterocycles. The van der Waals surface area contributed by atoms with Crippen molar-refractivity contribution >= 4 is 11.8 Å². The van der Waals surface area contributed by atoms with E-state index < -0.39 is 5.97 Å². The minimum Gasteiger partial charge on any atom is -0.493 e. The topological polar surface area (TPSA) is 61.8 Å². The molecular weight excluding hydrogens is 320 g/mol. The summed E-state index contributed by atoms with van der Waals surface area (Å²) in [6.45, 7) is 0. The Balaban J connectivity index is 2.09. The summed E-state index contributed by atoms with van der Waals surface area (Å²) in [6.07, 6.45) is 2.25. The van der Waals surface area contributed by atoms with Crippen LogP contribution in [0.25, 0.3) is 0 Å². The highest BCUT2D eigenvalue weighted by Gasteiger charge is 2.26. The maximum atomic E-state index is 12.5. The fourth-order valence-corrected chi connectivity index (χ4v) is 3.06. The van der Waals surface area contributed by atoms with Gasteiger partial charge in [0, 0.05) is 18.4 Å². The second-order valence-electron chi connectivity index (χ2n) is 5.90. The quantitative estimate of drug-likeness (QED) is 0.485. The minimum atomic E-state index is -0.494. The van der Waals surface area contributed by atoms with E-state index in [9.17, 15) is 9.59 Å². The van der Waals surface area contributed by atoms with Gasteiger partial charge >= 0.3 is 5.97 Å². The van der Waals surface area contributed by atoms with Crippen molar-refractivity contribution in [1.29, 1.82) is 0 Å². The van der Waals surface area contributed by atoms with Crippen LogP contribution in [0.15, 0.2) is 36.4 Å². The molecular formula is C20H20O5. The number of hydrogen-bond donors (Lipinski definition) is 0. The lowest BCUT2D eigenvalue weighted by Gasteiger charge is -2.18. The van der Waals surface area contributed by atoms with E-state index in [1.54, 1.807) is 24.3 Å². The third-order valence-electron chi connectivity index (χ3n) is 4.30. The number of methoxy groups -OCH3 is 2. The Kier molecular flexibility index (Phi) is 5.03. The van der Waals surface area contributed by atoms with Gasteiger partial charge in [-0.25, -0.2) is 4.79 Å². The second kappa shape index (κ2) is 7.38. The SMILES string of the molecule is COc1cc2c(c(OC(=O)c3ccccc3)c1OC)CC(=O)CCC2. The van der Waals surface area contributed by atoms with E-state index in [1.165, 1.54) is 14.2 Å². The summed E-state index contributed by atoms with van der Waals surface area (Å²) in [6, 6.07) is 10.6. The second-order valence-corrected chi connectivity index (χ2v) is 5.90. The fraction of sp³-hybridized carbons (Fsp3) is 0.300. The predicted octanol–water partition coefficient (Wildman–Crippen LogP) is 3.37. The Morgan fingerprint density at radius 3 is 2.44 bits per heavy atom. The summed E-state index contributed by atoms with van der Waals surface area (Å²) in [5, 5.41) is 0. The lowest BCUT2D eigenvalue weighted by atomic mass is 10.00. The van der Waals surface area contributed by atoms with Gasteiger partial charge < -0.3 is 14.2 Å². The monoisotopic (exact) mass is 340 g/mol. The highest BCUT2D eigenvalue weighted by molar-refractivity contribution is 5.92. The number of carbonyl (C=O) groups is 2. The van der Waals surface area contributed by atoms with Crippen molar-refractivity contribution in [3.8, 4) is 17.2 Å². The van der Waals surface area contributed by atoms with Crippen LogP contribution >= 0.6 is 0 Å². The van der Waals surface area contributed by atoms with E-state index in [0.717, 1.165) is 18.4 Å². The van der Waals surface area contributed by atoms with Crippen LogP contribution in [0.5, 0.6) is 17.2 Å². The van der Waals surface area contributed by atoms with Gasteiger partial charge in [0.2, 0.25) is 5.75 Å². The van der Waals surface area contributed by atoms with Crippen LogP contribution < -0.4 is 14.2 Å². The van der Waals surface area contributed by atoms with Crippen molar-refractivity contribution in [2.24, 2.45) is 0 Å². The number of aryl methyl sites for hydroxylation is 1. The van der Waals surface area contributed by atoms with Gasteiger partial charge in [-0.05, 0) is 36.6 Å². The number of fused-ring (bicyclic) bond motifs is 1. The Labute approximate surface area is 146 Å². The van der Waals surface area contributed by atoms with Crippen molar-refractivity contribution in [2.75, 3.05) is 14.2 Å². The molecule has 0 saturated carbocycles. The van der Waals surface area contributed by atoms with Crippen molar-refractivity contribution in [3.63, 3.8) is 0 Å². The van der Waals surface area contributed by atoms with Crippen molar-refractivity contribution in [1.82, 2.24) is 0 Å². The van der Waals surface area contributed by atoms with Crippen LogP contribution in [-0.4, -0.2) is 26.0 Å². The first-order valence-corrected chi connectivity index (χ1v) is 8.19. The van der Waals surface area contributed by atoms with Gasteiger partial charge in [0.25, 0.3) is 0 Å². The van der Waals surface area contributed by atoms with E-state index in [4.69, 9.17) is 14.2 Å². The molecule has 5 heteroatoms. The molecule has 0 N–H and O–H groups in total. The van der Waals surface area contributed by atoms with Crippen LogP contribution in [0.1, 0.15) is 34.3 Å². The molecule has 0 heterocycles. The molecule has 0 radical (unpaired) electrons. The number of carbonyl (C=O) groups excluding carboxylic acids is 2. The zero-order chi connectivity index (χ0) is 17.8. The molecule has 2 aromatic rings. The number of esters is 1. The molecule has 0 amide bonds. The summed E-state index contributed by atoms with van der Waals surface area (Å²) in [5.41, 5.74) is 2.10. The molecule has 0 unspecified atom stereocenters. The van der Waals surface area contributed by atoms with Crippen LogP contribution in [0.3, 0.4) is 0 Å². The van der Waals surface area contributed by atoms with Gasteiger partial charge in [0.05, 0.1) is 19.8 Å². The minimum absolute atomic E-state index is 0.128. The third kappa shape index (κ3) is 3.50. The first kappa shape index (κ1) is 17.0. The predicted molar refractivity (Wildman–Crippen MR) is 92.6 cm³/mol. The molecule has 0 atom stereocenters. The average molecular weight is 340 g/mol. The Morgan fingerprint density at radius 1 is 1.00 bits per heavy atom. The zero-order valence-electron chi connectivity index (χ0n) is 14.3. The van der Waals surface area contributed by atoms with E-state index in [2.05, 4.69) is 0 Å². The van der Waals surface area contributed by atoms with Crippen LogP contribution in [0, 0.1) is 0 Å². The summed E-state index contributed by atoms with van der Waals surface area (Å²) in [7, 11) is 3.03. The van der Waals surface area contributed by atoms with E-state index in [0.29, 0.717) is 29.0 Å². The molecule has 2 aromatic carbocycles. The number of ketones is 1. The van der Waals surface area contributed by atoms with Crippen molar-refractivity contribution in [3.05, 3.63) is 53.1 Å². The smallest absolute Gasteiger partial charge is 0.343 e. The number of Topliss-reactive ketones (excluding diaryl/α,β-unsaturated/α-hetero) is 1. The zero-order valence-corrected chi connectivity index (χ0v) is 14.3. The summed E-state index contributed by atoms with van der Waals surface area (Å²) >= 11 is 0. The first-order valence-electron chi connectivity index (χ1n) is 8.19.